The van der Waals surface area contributed by atoms with Crippen LogP contribution in [0.25, 0.3) is 6.08 Å². The Bertz CT molecular complexity index is 450. The van der Waals surface area contributed by atoms with Crippen LogP contribution in [0.15, 0.2) is 24.3 Å². The van der Waals surface area contributed by atoms with Crippen LogP contribution < -0.4 is 0 Å². The van der Waals surface area contributed by atoms with Gasteiger partial charge in [-0.15, -0.1) is 0 Å². The highest BCUT2D eigenvalue weighted by Crippen LogP contribution is 2.12. The lowest BCUT2D eigenvalue weighted by atomic mass is 10.1. The van der Waals surface area contributed by atoms with Gasteiger partial charge in [-0.3, -0.25) is 0 Å². The predicted molar refractivity (Wildman–Crippen MR) is 55.0 cm³/mol. The van der Waals surface area contributed by atoms with Crippen LogP contribution in [-0.4, -0.2) is 0 Å². The predicted octanol–water partition coefficient (Wildman–Crippen LogP) is 2.82. The molecule has 0 saturated carbocycles. The zero-order chi connectivity index (χ0) is 11.1. The molecule has 1 aromatic rings. The van der Waals surface area contributed by atoms with E-state index in [1.165, 1.54) is 6.07 Å². The number of allylic oxidation sites excluding steroid dienone is 1. The topological polar surface area (TPSA) is 47.6 Å². The van der Waals surface area contributed by atoms with Gasteiger partial charge in [-0.25, -0.2) is 4.39 Å². The van der Waals surface area contributed by atoms with Crippen LogP contribution in [-0.2, 0) is 6.42 Å². The lowest BCUT2D eigenvalue weighted by molar-refractivity contribution is 0.623. The quantitative estimate of drug-likeness (QED) is 0.753. The fraction of sp³-hybridized carbons (Fsp3) is 0.167. The SMILES string of the molecule is N#CCC=Cc1ccc(CC#N)cc1F. The van der Waals surface area contributed by atoms with E-state index in [9.17, 15) is 4.39 Å². The molecule has 0 N–H and O–H groups in total. The van der Waals surface area contributed by atoms with Crippen LogP contribution in [0, 0.1) is 28.5 Å². The molecule has 1 rings (SSSR count). The van der Waals surface area contributed by atoms with Gasteiger partial charge in [0, 0.05) is 5.56 Å². The fourth-order valence-electron chi connectivity index (χ4n) is 1.15. The summed E-state index contributed by atoms with van der Waals surface area (Å²) in [6, 6.07) is 8.55. The second-order valence-electron chi connectivity index (χ2n) is 2.96. The highest BCUT2D eigenvalue weighted by molar-refractivity contribution is 5.51. The Morgan fingerprint density at radius 1 is 1.27 bits per heavy atom. The van der Waals surface area contributed by atoms with Crippen molar-refractivity contribution in [3.63, 3.8) is 0 Å². The Morgan fingerprint density at radius 2 is 2.07 bits per heavy atom. The molecule has 0 unspecified atom stereocenters. The van der Waals surface area contributed by atoms with Crippen molar-refractivity contribution in [2.75, 3.05) is 0 Å². The van der Waals surface area contributed by atoms with Crippen LogP contribution >= 0.6 is 0 Å². The molecule has 1 aromatic carbocycles. The average Bonchev–Trinajstić information content (AvgIpc) is 2.22. The van der Waals surface area contributed by atoms with E-state index >= 15 is 0 Å². The minimum absolute atomic E-state index is 0.207. The molecule has 0 aliphatic rings. The number of halogens is 1. The molecule has 0 aliphatic carbocycles. The highest BCUT2D eigenvalue weighted by Gasteiger charge is 1.99. The monoisotopic (exact) mass is 200 g/mol. The first-order valence-corrected chi connectivity index (χ1v) is 4.47. The van der Waals surface area contributed by atoms with Crippen molar-refractivity contribution in [1.29, 1.82) is 10.5 Å². The van der Waals surface area contributed by atoms with E-state index < -0.39 is 0 Å². The number of nitriles is 2. The van der Waals surface area contributed by atoms with Crippen molar-refractivity contribution in [3.05, 3.63) is 41.2 Å². The van der Waals surface area contributed by atoms with Crippen molar-refractivity contribution in [2.45, 2.75) is 12.8 Å². The largest absolute Gasteiger partial charge is 0.206 e. The summed E-state index contributed by atoms with van der Waals surface area (Å²) in [7, 11) is 0. The smallest absolute Gasteiger partial charge is 0.130 e. The molecule has 0 radical (unpaired) electrons. The van der Waals surface area contributed by atoms with Gasteiger partial charge in [0.1, 0.15) is 5.82 Å². The van der Waals surface area contributed by atoms with Gasteiger partial charge in [0.15, 0.2) is 0 Å². The summed E-state index contributed by atoms with van der Waals surface area (Å²) in [6.07, 6.45) is 3.63. The molecule has 0 bridgehead atoms. The molecule has 0 aromatic heterocycles. The summed E-state index contributed by atoms with van der Waals surface area (Å²) in [5, 5.41) is 16.7. The molecule has 0 amide bonds. The second kappa shape index (κ2) is 5.57. The summed E-state index contributed by atoms with van der Waals surface area (Å²) >= 11 is 0. The minimum Gasteiger partial charge on any atom is -0.206 e. The lowest BCUT2D eigenvalue weighted by Gasteiger charge is -1.98. The molecule has 0 saturated heterocycles. The number of hydrogen-bond acceptors (Lipinski definition) is 2. The Hall–Kier alpha value is -2.13. The molecule has 0 aliphatic heterocycles. The maximum Gasteiger partial charge on any atom is 0.130 e. The Kier molecular flexibility index (Phi) is 4.06. The molecule has 0 atom stereocenters. The summed E-state index contributed by atoms with van der Waals surface area (Å²) in [5.41, 5.74) is 1.10. The number of hydrogen-bond donors (Lipinski definition) is 0. The van der Waals surface area contributed by atoms with Gasteiger partial charge in [0.05, 0.1) is 25.0 Å². The van der Waals surface area contributed by atoms with Crippen LogP contribution in [0.2, 0.25) is 0 Å². The fourth-order valence-corrected chi connectivity index (χ4v) is 1.15. The zero-order valence-corrected chi connectivity index (χ0v) is 8.07. The van der Waals surface area contributed by atoms with Crippen LogP contribution in [0.5, 0.6) is 0 Å². The Balaban J connectivity index is 2.85. The normalized spacial score (nSPS) is 9.80. The average molecular weight is 200 g/mol. The highest BCUT2D eigenvalue weighted by atomic mass is 19.1. The molecular formula is C12H9FN2. The third-order valence-corrected chi connectivity index (χ3v) is 1.85. The second-order valence-corrected chi connectivity index (χ2v) is 2.96. The van der Waals surface area contributed by atoms with E-state index in [4.69, 9.17) is 10.5 Å². The maximum absolute atomic E-state index is 13.4. The van der Waals surface area contributed by atoms with E-state index in [1.54, 1.807) is 24.3 Å². The molecule has 3 heteroatoms. The van der Waals surface area contributed by atoms with Crippen LogP contribution in [0.1, 0.15) is 17.5 Å². The molecule has 0 heterocycles. The summed E-state index contributed by atoms with van der Waals surface area (Å²) in [4.78, 5) is 0. The van der Waals surface area contributed by atoms with Gasteiger partial charge < -0.3 is 0 Å². The van der Waals surface area contributed by atoms with Gasteiger partial charge in [0.25, 0.3) is 0 Å². The van der Waals surface area contributed by atoms with E-state index in [0.717, 1.165) is 0 Å². The molecule has 2 nitrogen and oxygen atoms in total. The summed E-state index contributed by atoms with van der Waals surface area (Å²) in [5.74, 6) is -0.364. The van der Waals surface area contributed by atoms with E-state index in [1.807, 2.05) is 12.1 Å². The molecule has 74 valence electrons. The zero-order valence-electron chi connectivity index (χ0n) is 8.07. The first-order valence-electron chi connectivity index (χ1n) is 4.47. The van der Waals surface area contributed by atoms with Gasteiger partial charge in [-0.1, -0.05) is 24.3 Å². The lowest BCUT2D eigenvalue weighted by Crippen LogP contribution is -1.87. The third-order valence-electron chi connectivity index (χ3n) is 1.85. The van der Waals surface area contributed by atoms with E-state index in [2.05, 4.69) is 0 Å². The van der Waals surface area contributed by atoms with E-state index in [-0.39, 0.29) is 18.7 Å². The van der Waals surface area contributed by atoms with Crippen molar-refractivity contribution >= 4 is 6.08 Å². The molecular weight excluding hydrogens is 191 g/mol. The van der Waals surface area contributed by atoms with Crippen LogP contribution in [0.4, 0.5) is 4.39 Å². The minimum atomic E-state index is -0.364. The standard InChI is InChI=1S/C12H9FN2/c13-12-9-10(6-8-15)4-5-11(12)3-1-2-7-14/h1,3-5,9H,2,6H2. The number of rotatable bonds is 3. The molecule has 15 heavy (non-hydrogen) atoms. The van der Waals surface area contributed by atoms with Gasteiger partial charge in [0.2, 0.25) is 0 Å². The van der Waals surface area contributed by atoms with E-state index in [0.29, 0.717) is 11.1 Å². The number of benzene rings is 1. The van der Waals surface area contributed by atoms with Crippen molar-refractivity contribution in [1.82, 2.24) is 0 Å². The third kappa shape index (κ3) is 3.25. The van der Waals surface area contributed by atoms with Crippen molar-refractivity contribution < 1.29 is 4.39 Å². The molecule has 0 spiro atoms. The summed E-state index contributed by atoms with van der Waals surface area (Å²) in [6.45, 7) is 0. The maximum atomic E-state index is 13.4. The Labute approximate surface area is 87.9 Å². The first-order chi connectivity index (χ1) is 7.27. The summed E-state index contributed by atoms with van der Waals surface area (Å²) < 4.78 is 13.4. The van der Waals surface area contributed by atoms with Gasteiger partial charge in [-0.2, -0.15) is 10.5 Å². The Morgan fingerprint density at radius 3 is 2.67 bits per heavy atom. The van der Waals surface area contributed by atoms with Crippen molar-refractivity contribution in [2.24, 2.45) is 0 Å². The van der Waals surface area contributed by atoms with Crippen molar-refractivity contribution in [3.8, 4) is 12.1 Å². The van der Waals surface area contributed by atoms with Gasteiger partial charge in [-0.05, 0) is 11.6 Å². The van der Waals surface area contributed by atoms with Crippen LogP contribution in [0.3, 0.4) is 0 Å². The first kappa shape index (κ1) is 10.9. The van der Waals surface area contributed by atoms with Gasteiger partial charge >= 0.3 is 0 Å². The molecule has 0 fully saturated rings. The number of nitrogens with zero attached hydrogens (tertiary/aromatic N) is 2.